The fraction of sp³-hybridized carbons (Fsp3) is 0.208. The van der Waals surface area contributed by atoms with Gasteiger partial charge < -0.3 is 10.2 Å². The molecule has 1 aromatic heterocycles. The summed E-state index contributed by atoms with van der Waals surface area (Å²) in [4.78, 5) is 27.7. The van der Waals surface area contributed by atoms with Crippen molar-refractivity contribution in [3.63, 3.8) is 0 Å². The molecular weight excluding hydrogens is 394 g/mol. The number of nitrogens with zero attached hydrogens (tertiary/aromatic N) is 2. The number of benzene rings is 2. The van der Waals surface area contributed by atoms with Gasteiger partial charge in [0, 0.05) is 18.7 Å². The van der Waals surface area contributed by atoms with Crippen LogP contribution in [-0.4, -0.2) is 29.8 Å². The molecule has 0 radical (unpaired) electrons. The molecule has 0 saturated heterocycles. The molecule has 5 nitrogen and oxygen atoms in total. The summed E-state index contributed by atoms with van der Waals surface area (Å²) in [5.41, 5.74) is 3.52. The predicted octanol–water partition coefficient (Wildman–Crippen LogP) is 5.33. The van der Waals surface area contributed by atoms with Crippen molar-refractivity contribution >= 4 is 28.2 Å². The van der Waals surface area contributed by atoms with Gasteiger partial charge in [-0.05, 0) is 49.6 Å². The van der Waals surface area contributed by atoms with Crippen molar-refractivity contribution in [2.75, 3.05) is 18.4 Å². The third kappa shape index (κ3) is 4.27. The van der Waals surface area contributed by atoms with E-state index in [1.54, 1.807) is 24.0 Å². The van der Waals surface area contributed by atoms with E-state index in [1.807, 2.05) is 56.3 Å². The molecule has 152 valence electrons. The van der Waals surface area contributed by atoms with Crippen molar-refractivity contribution in [3.8, 4) is 17.2 Å². The fourth-order valence-corrected chi connectivity index (χ4v) is 4.33. The zero-order valence-corrected chi connectivity index (χ0v) is 18.0. The third-order valence-corrected chi connectivity index (χ3v) is 6.18. The van der Waals surface area contributed by atoms with Gasteiger partial charge in [0.1, 0.15) is 11.1 Å². The van der Waals surface area contributed by atoms with Crippen LogP contribution in [0.25, 0.3) is 11.1 Å². The summed E-state index contributed by atoms with van der Waals surface area (Å²) in [6.07, 6.45) is 0. The largest absolute Gasteiger partial charge is 0.338 e. The Hall–Kier alpha value is -3.43. The zero-order valence-electron chi connectivity index (χ0n) is 17.2. The van der Waals surface area contributed by atoms with Crippen LogP contribution in [-0.2, 0) is 0 Å². The highest BCUT2D eigenvalue weighted by molar-refractivity contribution is 7.18. The highest BCUT2D eigenvalue weighted by Crippen LogP contribution is 2.34. The Bertz CT molecular complexity index is 1090. The van der Waals surface area contributed by atoms with Gasteiger partial charge in [0.25, 0.3) is 11.8 Å². The van der Waals surface area contributed by atoms with E-state index in [4.69, 9.17) is 0 Å². The molecule has 1 N–H and O–H groups in total. The molecule has 0 aliphatic carbocycles. The number of carbonyl (C=O) groups excluding carboxylic acids is 2. The summed E-state index contributed by atoms with van der Waals surface area (Å²) >= 11 is 1.16. The molecule has 3 aromatic rings. The number of hydrogen-bond donors (Lipinski definition) is 1. The van der Waals surface area contributed by atoms with Gasteiger partial charge in [-0.15, -0.1) is 11.3 Å². The van der Waals surface area contributed by atoms with Crippen molar-refractivity contribution in [2.45, 2.75) is 20.8 Å². The van der Waals surface area contributed by atoms with Crippen LogP contribution in [0.2, 0.25) is 0 Å². The van der Waals surface area contributed by atoms with Crippen molar-refractivity contribution < 1.29 is 9.59 Å². The third-order valence-electron chi connectivity index (χ3n) is 4.98. The van der Waals surface area contributed by atoms with Gasteiger partial charge in [0.2, 0.25) is 0 Å². The van der Waals surface area contributed by atoms with Gasteiger partial charge in [-0.25, -0.2) is 0 Å². The SMILES string of the molecule is CCN(CC)C(=O)c1sc(NC(=O)c2ccc(-c3ccccc3)cc2)c(C#N)c1C. The lowest BCUT2D eigenvalue weighted by molar-refractivity contribution is 0.0777. The van der Waals surface area contributed by atoms with Gasteiger partial charge in [-0.2, -0.15) is 5.26 Å². The first kappa shape index (κ1) is 21.3. The van der Waals surface area contributed by atoms with Crippen molar-refractivity contribution in [3.05, 3.63) is 76.2 Å². The van der Waals surface area contributed by atoms with E-state index in [1.165, 1.54) is 0 Å². The maximum Gasteiger partial charge on any atom is 0.264 e. The molecule has 0 fully saturated rings. The standard InChI is InChI=1S/C24H23N3O2S/c1-4-27(5-2)24(29)21-16(3)20(15-25)23(30-21)26-22(28)19-13-11-18(12-14-19)17-9-7-6-8-10-17/h6-14H,4-5H2,1-3H3,(H,26,28). The Morgan fingerprint density at radius 2 is 1.60 bits per heavy atom. The number of thiophene rings is 1. The second-order valence-electron chi connectivity index (χ2n) is 6.75. The predicted molar refractivity (Wildman–Crippen MR) is 121 cm³/mol. The highest BCUT2D eigenvalue weighted by Gasteiger charge is 2.24. The normalized spacial score (nSPS) is 10.3. The van der Waals surface area contributed by atoms with Gasteiger partial charge in [0.05, 0.1) is 10.4 Å². The lowest BCUT2D eigenvalue weighted by atomic mass is 10.0. The van der Waals surface area contributed by atoms with E-state index in [-0.39, 0.29) is 11.8 Å². The molecule has 0 saturated carbocycles. The molecule has 0 unspecified atom stereocenters. The number of nitrogens with one attached hydrogen (secondary N) is 1. The average molecular weight is 418 g/mol. The molecular formula is C24H23N3O2S. The summed E-state index contributed by atoms with van der Waals surface area (Å²) in [5, 5.41) is 12.8. The van der Waals surface area contributed by atoms with E-state index < -0.39 is 0 Å². The summed E-state index contributed by atoms with van der Waals surface area (Å²) in [6, 6.07) is 19.3. The summed E-state index contributed by atoms with van der Waals surface area (Å²) in [7, 11) is 0. The highest BCUT2D eigenvalue weighted by atomic mass is 32.1. The van der Waals surface area contributed by atoms with Gasteiger partial charge in [0.15, 0.2) is 0 Å². The van der Waals surface area contributed by atoms with E-state index in [0.29, 0.717) is 39.7 Å². The Balaban J connectivity index is 1.84. The summed E-state index contributed by atoms with van der Waals surface area (Å²) in [6.45, 7) is 6.75. The molecule has 30 heavy (non-hydrogen) atoms. The molecule has 2 aromatic carbocycles. The minimum atomic E-state index is -0.311. The van der Waals surface area contributed by atoms with Crippen LogP contribution >= 0.6 is 11.3 Å². The first-order valence-corrected chi connectivity index (χ1v) is 10.6. The second kappa shape index (κ2) is 9.38. The smallest absolute Gasteiger partial charge is 0.264 e. The lowest BCUT2D eigenvalue weighted by Gasteiger charge is -2.17. The Kier molecular flexibility index (Phi) is 6.65. The summed E-state index contributed by atoms with van der Waals surface area (Å²) in [5.74, 6) is -0.430. The maximum absolute atomic E-state index is 12.8. The van der Waals surface area contributed by atoms with Crippen LogP contribution in [0, 0.1) is 18.3 Å². The molecule has 0 aliphatic heterocycles. The van der Waals surface area contributed by atoms with Crippen LogP contribution in [0.4, 0.5) is 5.00 Å². The van der Waals surface area contributed by atoms with Gasteiger partial charge in [-0.1, -0.05) is 42.5 Å². The second-order valence-corrected chi connectivity index (χ2v) is 7.77. The zero-order chi connectivity index (χ0) is 21.7. The molecule has 2 amide bonds. The number of amides is 2. The van der Waals surface area contributed by atoms with Crippen LogP contribution < -0.4 is 5.32 Å². The van der Waals surface area contributed by atoms with Crippen molar-refractivity contribution in [1.29, 1.82) is 5.26 Å². The molecule has 0 aliphatic rings. The molecule has 1 heterocycles. The van der Waals surface area contributed by atoms with Crippen LogP contribution in [0.1, 0.15) is 45.0 Å². The average Bonchev–Trinajstić information content (AvgIpc) is 3.10. The topological polar surface area (TPSA) is 73.2 Å². The van der Waals surface area contributed by atoms with Crippen LogP contribution in [0.15, 0.2) is 54.6 Å². The number of hydrogen-bond acceptors (Lipinski definition) is 4. The van der Waals surface area contributed by atoms with Crippen molar-refractivity contribution in [1.82, 2.24) is 4.90 Å². The van der Waals surface area contributed by atoms with E-state index in [0.717, 1.165) is 22.5 Å². The Labute approximate surface area is 180 Å². The minimum Gasteiger partial charge on any atom is -0.338 e. The molecule has 3 rings (SSSR count). The molecule has 6 heteroatoms. The first-order valence-electron chi connectivity index (χ1n) is 9.79. The van der Waals surface area contributed by atoms with Crippen LogP contribution in [0.3, 0.4) is 0 Å². The molecule has 0 bridgehead atoms. The Morgan fingerprint density at radius 1 is 1.00 bits per heavy atom. The quantitative estimate of drug-likeness (QED) is 0.589. The van der Waals surface area contributed by atoms with E-state index in [2.05, 4.69) is 11.4 Å². The fourth-order valence-electron chi connectivity index (χ4n) is 3.21. The number of carbonyl (C=O) groups is 2. The van der Waals surface area contributed by atoms with E-state index in [9.17, 15) is 14.9 Å². The van der Waals surface area contributed by atoms with Crippen LogP contribution in [0.5, 0.6) is 0 Å². The van der Waals surface area contributed by atoms with Gasteiger partial charge in [-0.3, -0.25) is 9.59 Å². The number of anilines is 1. The monoisotopic (exact) mass is 417 g/mol. The first-order chi connectivity index (χ1) is 14.5. The summed E-state index contributed by atoms with van der Waals surface area (Å²) < 4.78 is 0. The maximum atomic E-state index is 12.8. The number of rotatable bonds is 6. The molecule has 0 spiro atoms. The minimum absolute atomic E-state index is 0.119. The van der Waals surface area contributed by atoms with Gasteiger partial charge >= 0.3 is 0 Å². The van der Waals surface area contributed by atoms with Crippen molar-refractivity contribution in [2.24, 2.45) is 0 Å². The Morgan fingerprint density at radius 3 is 2.17 bits per heavy atom. The lowest BCUT2D eigenvalue weighted by Crippen LogP contribution is -2.30. The molecule has 0 atom stereocenters. The van der Waals surface area contributed by atoms with E-state index >= 15 is 0 Å². The number of nitriles is 1.